The Bertz CT molecular complexity index is 5540. The van der Waals surface area contributed by atoms with Crippen LogP contribution in [0.1, 0.15) is 140 Å². The lowest BCUT2D eigenvalue weighted by molar-refractivity contribution is -0.362. The van der Waals surface area contributed by atoms with Crippen LogP contribution in [0.2, 0.25) is 0 Å². The van der Waals surface area contributed by atoms with Crippen molar-refractivity contribution in [2.45, 2.75) is 140 Å². The van der Waals surface area contributed by atoms with E-state index in [2.05, 4.69) is 58.1 Å². The van der Waals surface area contributed by atoms with Crippen LogP contribution in [0.25, 0.3) is 50.8 Å². The Labute approximate surface area is 707 Å². The molecule has 2 aliphatic carbocycles. The summed E-state index contributed by atoms with van der Waals surface area (Å²) in [6.45, 7) is 7.11. The Morgan fingerprint density at radius 3 is 2.09 bits per heavy atom. The van der Waals surface area contributed by atoms with E-state index in [9.17, 15) is 28.8 Å². The molecule has 1 saturated carbocycles. The van der Waals surface area contributed by atoms with Gasteiger partial charge in [0, 0.05) is 196 Å². The molecule has 121 heavy (non-hydrogen) atoms. The quantitative estimate of drug-likeness (QED) is 0.00970. The van der Waals surface area contributed by atoms with Gasteiger partial charge in [-0.05, 0) is 180 Å². The molecular weight excluding hydrogens is 1550 g/mol. The fourth-order valence-corrected chi connectivity index (χ4v) is 19.4. The number of piperazine rings is 1. The highest BCUT2D eigenvalue weighted by atomic mass is 32.2. The second-order valence-corrected chi connectivity index (χ2v) is 34.3. The number of carbonyl (C=O) groups is 6. The number of hydrogen-bond acceptors (Lipinski definition) is 13. The first-order chi connectivity index (χ1) is 58.5. The molecule has 634 valence electrons. The Balaban J connectivity index is 0.570. The third kappa shape index (κ3) is 19.3. The summed E-state index contributed by atoms with van der Waals surface area (Å²) in [6, 6.07) is 56.0. The molecule has 5 aliphatic heterocycles. The lowest BCUT2D eigenvalue weighted by Gasteiger charge is -2.38. The normalized spacial score (nSPS) is 16.7. The topological polar surface area (TPSA) is 255 Å². The molecule has 27 heteroatoms. The summed E-state index contributed by atoms with van der Waals surface area (Å²) in [7, 11) is 1.40. The fourth-order valence-electron chi connectivity index (χ4n) is 17.8. The number of unbranched alkanes of at least 4 members (excludes halogenated alkanes) is 3. The van der Waals surface area contributed by atoms with E-state index < -0.39 is 46.3 Å². The number of aromatic nitrogens is 1. The van der Waals surface area contributed by atoms with Gasteiger partial charge in [0.2, 0.25) is 50.6 Å². The molecule has 6 amide bonds. The van der Waals surface area contributed by atoms with Gasteiger partial charge in [-0.3, -0.25) is 28.8 Å². The van der Waals surface area contributed by atoms with Crippen molar-refractivity contribution in [3.8, 4) is 39.5 Å². The van der Waals surface area contributed by atoms with Crippen LogP contribution >= 0.6 is 0 Å². The molecule has 6 N–H and O–H groups in total. The molecule has 0 unspecified atom stereocenters. The van der Waals surface area contributed by atoms with Gasteiger partial charge < -0.3 is 73.4 Å². The van der Waals surface area contributed by atoms with Gasteiger partial charge in [0.25, 0.3) is 5.91 Å². The molecule has 6 heterocycles. The third-order valence-electron chi connectivity index (χ3n) is 24.9. The number of carbonyl (C=O) groups excluding carboxylic acids is 6. The molecule has 6 aromatic carbocycles. The van der Waals surface area contributed by atoms with E-state index in [4.69, 9.17) is 9.15 Å². The molecule has 1 atom stereocenters. The molecule has 1 aromatic heterocycles. The molecule has 0 spiro atoms. The maximum absolute atomic E-state index is 16.7. The van der Waals surface area contributed by atoms with Gasteiger partial charge in [-0.25, -0.2) is 8.42 Å². The van der Waals surface area contributed by atoms with Gasteiger partial charge >= 0.3 is 6.97 Å². The van der Waals surface area contributed by atoms with Gasteiger partial charge in [-0.1, -0.05) is 87.2 Å². The van der Waals surface area contributed by atoms with E-state index in [1.165, 1.54) is 4.31 Å². The number of nitrogens with one attached hydrogen (secondary N) is 6. The lowest BCUT2D eigenvalue weighted by atomic mass is 9.80. The van der Waals surface area contributed by atoms with Crippen LogP contribution in [0, 0.1) is 5.92 Å². The number of allylic oxidation sites excluding steroid dienone is 2. The number of fused-ring (bicyclic) bond motifs is 4. The number of sulfonamides is 1. The number of nitrogens with zero attached hydrogens (tertiary/aromatic N) is 7. The first-order valence-electron chi connectivity index (χ1n) is 42.8. The Kier molecular flexibility index (Phi) is 27.3. The maximum Gasteiger partial charge on any atom is 0.737 e. The summed E-state index contributed by atoms with van der Waals surface area (Å²) in [5.74, 6) is -1.20. The minimum absolute atomic E-state index is 0.0609. The van der Waals surface area contributed by atoms with E-state index in [1.54, 1.807) is 80.8 Å². The Hall–Kier alpha value is -11.5. The molecule has 7 aliphatic rings. The minimum atomic E-state index is -4.26. The number of halogens is 2. The number of rotatable bonds is 33. The molecule has 23 nitrogen and oxygen atoms in total. The molecular formula is C94H111BF2N13O10S+. The second kappa shape index (κ2) is 38.5. The van der Waals surface area contributed by atoms with Gasteiger partial charge in [0.15, 0.2) is 5.70 Å². The maximum atomic E-state index is 16.7. The number of hydrogen-bond donors (Lipinski definition) is 6. The second-order valence-electron chi connectivity index (χ2n) is 32.4. The lowest BCUT2D eigenvalue weighted by Crippen LogP contribution is -2.62. The van der Waals surface area contributed by atoms with Gasteiger partial charge in [0.1, 0.15) is 41.4 Å². The van der Waals surface area contributed by atoms with Crippen LogP contribution in [0.4, 0.5) is 31.4 Å². The van der Waals surface area contributed by atoms with E-state index >= 15 is 17.0 Å². The number of ether oxygens (including phenoxy) is 1. The number of piperidine rings is 1. The monoisotopic (exact) mass is 1660 g/mol. The zero-order chi connectivity index (χ0) is 85.0. The molecule has 7 aromatic rings. The first-order valence-corrected chi connectivity index (χ1v) is 44.2. The molecule has 14 rings (SSSR count). The zero-order valence-corrected chi connectivity index (χ0v) is 70.9. The average molecular weight is 1660 g/mol. The van der Waals surface area contributed by atoms with E-state index in [-0.39, 0.29) is 99.8 Å². The summed E-state index contributed by atoms with van der Waals surface area (Å²) >= 11 is 0. The number of benzene rings is 7. The van der Waals surface area contributed by atoms with Crippen molar-refractivity contribution in [3.05, 3.63) is 215 Å². The summed E-state index contributed by atoms with van der Waals surface area (Å²) in [4.78, 5) is 90.7. The van der Waals surface area contributed by atoms with Crippen LogP contribution in [0.15, 0.2) is 208 Å². The van der Waals surface area contributed by atoms with E-state index in [0.29, 0.717) is 138 Å². The molecule has 0 radical (unpaired) electrons. The van der Waals surface area contributed by atoms with Gasteiger partial charge in [0.05, 0.1) is 18.1 Å². The van der Waals surface area contributed by atoms with Crippen molar-refractivity contribution < 1.29 is 59.5 Å². The van der Waals surface area contributed by atoms with Crippen LogP contribution < -0.4 is 56.4 Å². The summed E-state index contributed by atoms with van der Waals surface area (Å²) in [5, 5.41) is 19.6. The van der Waals surface area contributed by atoms with Crippen LogP contribution in [0.5, 0.6) is 5.75 Å². The number of likely N-dealkylation sites (N-methyl/N-ethyl adjacent to an activating group) is 1. The van der Waals surface area contributed by atoms with Gasteiger partial charge in [-0.2, -0.15) is 8.88 Å². The fraction of sp³-hybridized carbons (Fsp3) is 0.383. The van der Waals surface area contributed by atoms with Gasteiger partial charge in [-0.15, -0.1) is 0 Å². The standard InChI is InChI=1S/C94H110BF2N13O10S/c1-7-106-58-60-107(61-59-106)72-36-32-68(33-37-72)91(114)103-94(50-20-11-21-51-94)93(116)102-81(92(115)101-55-54-99-87(111)31-16-10-22-52-98-88(112)47-45-77-65(2)83-62-75-40-46-82(67-34-41-76(119-6)42-35-67)110(75)95(96,97)109(83)66(77)3)29-19-23-53-100-90(113)69-48-56-108(57-49-69)121(117,118)86-30-18-17-28-80(86)89-78-43-38-73(104(4)70-24-12-8-13-25-70)63-84(78)120-85-64-74(39-44-79(85)89)105(5)71-26-14-9-15-27-71/h8-9,12-15,17-18,24-28,30,32-44,46,62-64,69,81H,7,10-11,16,19-23,29,31,45,47-61H2,1-6H3,(H5-,98,99,100,101,102,103,111,112,113,114,115,116)/p+1/t81-/m0/s1. The minimum Gasteiger partial charge on any atom is -0.497 e. The summed E-state index contributed by atoms with van der Waals surface area (Å²) in [5.41, 5.74) is 9.26. The number of anilines is 3. The van der Waals surface area contributed by atoms with Crippen molar-refractivity contribution in [1.82, 2.24) is 50.2 Å². The highest BCUT2D eigenvalue weighted by molar-refractivity contribution is 7.89. The predicted molar refractivity (Wildman–Crippen MR) is 473 cm³/mol. The Morgan fingerprint density at radius 2 is 1.36 bits per heavy atom. The number of para-hydroxylation sites is 2. The molecule has 3 fully saturated rings. The largest absolute Gasteiger partial charge is 0.737 e. The van der Waals surface area contributed by atoms with Crippen molar-refractivity contribution in [1.29, 1.82) is 0 Å². The third-order valence-corrected chi connectivity index (χ3v) is 26.8. The zero-order valence-electron chi connectivity index (χ0n) is 70.1. The van der Waals surface area contributed by atoms with E-state index in [0.717, 1.165) is 87.2 Å². The van der Waals surface area contributed by atoms with Crippen molar-refractivity contribution in [2.24, 2.45) is 5.92 Å². The Morgan fingerprint density at radius 1 is 0.686 bits per heavy atom. The van der Waals surface area contributed by atoms with Crippen molar-refractivity contribution in [3.63, 3.8) is 0 Å². The summed E-state index contributed by atoms with van der Waals surface area (Å²) < 4.78 is 81.6. The number of amides is 6. The van der Waals surface area contributed by atoms with E-state index in [1.807, 2.05) is 142 Å². The number of methoxy groups -OCH3 is 1. The predicted octanol–water partition coefficient (Wildman–Crippen LogP) is 13.4. The highest BCUT2D eigenvalue weighted by Crippen LogP contribution is 2.46. The molecule has 0 bridgehead atoms. The highest BCUT2D eigenvalue weighted by Gasteiger charge is 2.54. The van der Waals surface area contributed by atoms with Crippen LogP contribution in [0.3, 0.4) is 0 Å². The molecule has 2 saturated heterocycles. The van der Waals surface area contributed by atoms with Crippen LogP contribution in [-0.4, -0.2) is 179 Å². The smallest absolute Gasteiger partial charge is 0.497 e. The first kappa shape index (κ1) is 85.9. The van der Waals surface area contributed by atoms with Crippen LogP contribution in [-0.2, 0) is 34.0 Å². The average Bonchev–Trinajstić information content (AvgIpc) is 1.62. The summed E-state index contributed by atoms with van der Waals surface area (Å²) in [6.07, 6.45) is 8.84. The SMILES string of the molecule is CCN1CCN(c2ccc(C(=O)NC3(C(=O)N[C@@H](CCCCNC(=O)C4CCN(S(=O)(=O)c5ccccc5-c5c6cc/c(=[N+](/C)c7ccccc7)cc-6oc6cc(N(C)c7ccccc7)ccc56)CC4)C(=O)NCCNC(=O)CCCCCNC(=O)CCC4=C(C)C5=Cc6ccc(-c7ccc(OC)cc7)n6[B-](F)(F)[N+]5=C4C)CCCCC3)cc2)CC1. The van der Waals surface area contributed by atoms with Crippen molar-refractivity contribution >= 4 is 97.9 Å². The van der Waals surface area contributed by atoms with Crippen molar-refractivity contribution in [2.75, 3.05) is 103 Å².